The minimum absolute atomic E-state index is 0.280. The van der Waals surface area contributed by atoms with Crippen molar-refractivity contribution in [2.75, 3.05) is 86.6 Å². The van der Waals surface area contributed by atoms with E-state index >= 15 is 0 Å². The summed E-state index contributed by atoms with van der Waals surface area (Å²) < 4.78 is 38.2. The number of anilines is 6. The van der Waals surface area contributed by atoms with Crippen LogP contribution in [0.15, 0.2) is 47.3 Å². The summed E-state index contributed by atoms with van der Waals surface area (Å²) in [6.45, 7) is 8.53. The molecule has 0 aliphatic carbocycles. The maximum absolute atomic E-state index is 12.7. The zero-order chi connectivity index (χ0) is 35.0. The average Bonchev–Trinajstić information content (AvgIpc) is 3.60. The molecule has 0 atom stereocenters. The fourth-order valence-electron chi connectivity index (χ4n) is 6.80. The fourth-order valence-corrected chi connectivity index (χ4v) is 7.31. The maximum Gasteiger partial charge on any atom is 0.239 e. The molecule has 5 aromatic rings. The first-order valence-electron chi connectivity index (χ1n) is 16.8. The van der Waals surface area contributed by atoms with Crippen molar-refractivity contribution in [2.45, 2.75) is 32.2 Å². The molecule has 0 saturated carbocycles. The van der Waals surface area contributed by atoms with Crippen molar-refractivity contribution in [3.05, 3.63) is 48.5 Å². The first-order chi connectivity index (χ1) is 24.1. The molecule has 2 saturated heterocycles. The molecule has 2 fully saturated rings. The van der Waals surface area contributed by atoms with Gasteiger partial charge in [-0.3, -0.25) is 19.2 Å². The summed E-state index contributed by atoms with van der Waals surface area (Å²) in [6.07, 6.45) is 8.76. The third-order valence-electron chi connectivity index (χ3n) is 9.67. The van der Waals surface area contributed by atoms with E-state index in [1.54, 1.807) is 31.5 Å². The van der Waals surface area contributed by atoms with Crippen molar-refractivity contribution in [1.82, 2.24) is 34.7 Å². The number of aryl methyl sites for hydroxylation is 1. The number of methoxy groups -OCH3 is 1. The summed E-state index contributed by atoms with van der Waals surface area (Å²) in [5.74, 6) is 2.00. The van der Waals surface area contributed by atoms with Gasteiger partial charge in [0.05, 0.1) is 30.8 Å². The van der Waals surface area contributed by atoms with E-state index in [0.29, 0.717) is 56.9 Å². The Morgan fingerprint density at radius 3 is 2.44 bits per heavy atom. The van der Waals surface area contributed by atoms with E-state index in [-0.39, 0.29) is 5.95 Å². The highest BCUT2D eigenvalue weighted by molar-refractivity contribution is 7.92. The summed E-state index contributed by atoms with van der Waals surface area (Å²) >= 11 is 0. The normalized spacial score (nSPS) is 16.6. The zero-order valence-corrected chi connectivity index (χ0v) is 29.9. The van der Waals surface area contributed by atoms with Crippen LogP contribution in [0.2, 0.25) is 0 Å². The average molecular weight is 702 g/mol. The molecule has 1 aromatic carbocycles. The van der Waals surface area contributed by atoms with Crippen LogP contribution in [0.1, 0.15) is 25.3 Å². The Labute approximate surface area is 291 Å². The Morgan fingerprint density at radius 1 is 0.960 bits per heavy atom. The quantitative estimate of drug-likeness (QED) is 0.213. The highest BCUT2D eigenvalue weighted by atomic mass is 32.2. The molecule has 7 rings (SSSR count). The third-order valence-corrected chi connectivity index (χ3v) is 10.8. The van der Waals surface area contributed by atoms with Gasteiger partial charge in [-0.15, -0.1) is 0 Å². The van der Waals surface area contributed by atoms with Crippen molar-refractivity contribution in [1.29, 1.82) is 0 Å². The van der Waals surface area contributed by atoms with Gasteiger partial charge in [-0.1, -0.05) is 6.92 Å². The molecule has 0 radical (unpaired) electrons. The number of nitrogens with one attached hydrogen (secondary N) is 2. The Kier molecular flexibility index (Phi) is 9.32. The summed E-state index contributed by atoms with van der Waals surface area (Å²) in [7, 11) is 1.63. The number of benzene rings is 1. The van der Waals surface area contributed by atoms with Crippen molar-refractivity contribution >= 4 is 66.8 Å². The molecule has 264 valence electrons. The lowest BCUT2D eigenvalue weighted by atomic mass is 10.0. The molecule has 2 aliphatic rings. The van der Waals surface area contributed by atoms with Gasteiger partial charge in [-0.25, -0.2) is 13.4 Å². The van der Waals surface area contributed by atoms with E-state index in [4.69, 9.17) is 24.1 Å². The van der Waals surface area contributed by atoms with Gasteiger partial charge in [-0.05, 0) is 50.1 Å². The molecular formula is C34H43N11O4S. The van der Waals surface area contributed by atoms with E-state index in [9.17, 15) is 8.42 Å². The highest BCUT2D eigenvalue weighted by Crippen LogP contribution is 2.38. The molecule has 4 aromatic heterocycles. The first kappa shape index (κ1) is 33.7. The van der Waals surface area contributed by atoms with Gasteiger partial charge in [0.15, 0.2) is 11.4 Å². The third kappa shape index (κ3) is 6.69. The number of furan rings is 1. The number of piperidine rings is 1. The molecule has 0 unspecified atom stereocenters. The number of fused-ring (bicyclic) bond motifs is 2. The van der Waals surface area contributed by atoms with Gasteiger partial charge in [0.2, 0.25) is 21.9 Å². The number of ether oxygens (including phenoxy) is 1. The summed E-state index contributed by atoms with van der Waals surface area (Å²) in [6, 6.07) is 7.92. The van der Waals surface area contributed by atoms with E-state index in [0.717, 1.165) is 76.2 Å². The van der Waals surface area contributed by atoms with E-state index in [1.165, 1.54) is 23.8 Å². The lowest BCUT2D eigenvalue weighted by Crippen LogP contribution is -2.52. The zero-order valence-electron chi connectivity index (χ0n) is 29.0. The van der Waals surface area contributed by atoms with Crippen LogP contribution in [-0.4, -0.2) is 116 Å². The van der Waals surface area contributed by atoms with Crippen LogP contribution >= 0.6 is 0 Å². The van der Waals surface area contributed by atoms with Crippen LogP contribution < -0.4 is 24.6 Å². The second-order valence-corrected chi connectivity index (χ2v) is 14.8. The largest absolute Gasteiger partial charge is 0.479 e. The Morgan fingerprint density at radius 2 is 1.72 bits per heavy atom. The van der Waals surface area contributed by atoms with Gasteiger partial charge < -0.3 is 29.6 Å². The summed E-state index contributed by atoms with van der Waals surface area (Å²) in [5.41, 5.74) is 4.41. The predicted molar refractivity (Wildman–Crippen MR) is 196 cm³/mol. The van der Waals surface area contributed by atoms with Gasteiger partial charge in [-0.2, -0.15) is 9.97 Å². The van der Waals surface area contributed by atoms with E-state index in [2.05, 4.69) is 55.3 Å². The standard InChI is InChI=1S/C34H43N11O4S/c1-6-22-21-27(33(48-4)41-32(22)45-14-9-23(10-15-45)44-18-16-42(2)17-19-44)39-34-38-26-11-20-49-30(26)31(40-34)37-25-8-7-24-28(36-13-12-35-24)29(25)43(3)50(5,46)47/h7-8,11-13,20-21,23H,6,9-10,14-19H2,1-5H3,(H2,37,38,39,40). The monoisotopic (exact) mass is 701 g/mol. The van der Waals surface area contributed by atoms with Gasteiger partial charge >= 0.3 is 0 Å². The van der Waals surface area contributed by atoms with Crippen LogP contribution in [0, 0.1) is 0 Å². The number of sulfonamides is 1. The minimum Gasteiger partial charge on any atom is -0.479 e. The molecule has 50 heavy (non-hydrogen) atoms. The lowest BCUT2D eigenvalue weighted by molar-refractivity contribution is 0.0981. The summed E-state index contributed by atoms with van der Waals surface area (Å²) in [4.78, 5) is 30.7. The maximum atomic E-state index is 12.7. The molecule has 16 heteroatoms. The molecule has 2 aliphatic heterocycles. The number of aromatic nitrogens is 5. The van der Waals surface area contributed by atoms with Crippen LogP contribution in [-0.2, 0) is 16.4 Å². The fraction of sp³-hybridized carbons (Fsp3) is 0.441. The number of hydrogen-bond acceptors (Lipinski definition) is 14. The molecule has 15 nitrogen and oxygen atoms in total. The Hall–Kier alpha value is -4.80. The predicted octanol–water partition coefficient (Wildman–Crippen LogP) is 4.23. The van der Waals surface area contributed by atoms with Gasteiger partial charge in [0.25, 0.3) is 0 Å². The second-order valence-electron chi connectivity index (χ2n) is 12.8. The van der Waals surface area contributed by atoms with Crippen LogP contribution in [0.5, 0.6) is 5.88 Å². The Bertz CT molecular complexity index is 2110. The SMILES string of the molecule is CCc1cc(Nc2nc(Nc3ccc4nccnc4c3N(C)S(C)(=O)=O)c3occc3n2)c(OC)nc1N1CCC(N2CCN(C)CC2)CC1. The van der Waals surface area contributed by atoms with E-state index < -0.39 is 10.0 Å². The second kappa shape index (κ2) is 13.8. The topological polar surface area (TPSA) is 158 Å². The number of nitrogens with zero attached hydrogens (tertiary/aromatic N) is 9. The molecule has 0 spiro atoms. The van der Waals surface area contributed by atoms with Gasteiger partial charge in [0, 0.05) is 70.8 Å². The van der Waals surface area contributed by atoms with Crippen molar-refractivity contribution in [2.24, 2.45) is 0 Å². The number of pyridine rings is 1. The van der Waals surface area contributed by atoms with Crippen LogP contribution in [0.4, 0.5) is 34.6 Å². The number of rotatable bonds is 10. The van der Waals surface area contributed by atoms with Crippen LogP contribution in [0.25, 0.3) is 22.1 Å². The molecule has 6 heterocycles. The highest BCUT2D eigenvalue weighted by Gasteiger charge is 2.29. The van der Waals surface area contributed by atoms with Crippen molar-refractivity contribution in [3.8, 4) is 5.88 Å². The van der Waals surface area contributed by atoms with Crippen LogP contribution in [0.3, 0.4) is 0 Å². The minimum atomic E-state index is -3.65. The smallest absolute Gasteiger partial charge is 0.239 e. The summed E-state index contributed by atoms with van der Waals surface area (Å²) in [5, 5.41) is 6.62. The molecule has 0 bridgehead atoms. The number of likely N-dealkylation sites (N-methyl/N-ethyl adjacent to an activating group) is 1. The number of hydrogen-bond donors (Lipinski definition) is 2. The van der Waals surface area contributed by atoms with Crippen molar-refractivity contribution in [3.63, 3.8) is 0 Å². The first-order valence-corrected chi connectivity index (χ1v) is 18.7. The lowest BCUT2D eigenvalue weighted by Gasteiger charge is -2.42. The molecule has 0 amide bonds. The van der Waals surface area contributed by atoms with E-state index in [1.807, 2.05) is 0 Å². The van der Waals surface area contributed by atoms with Crippen molar-refractivity contribution < 1.29 is 17.6 Å². The number of piperazine rings is 1. The van der Waals surface area contributed by atoms with Gasteiger partial charge in [0.1, 0.15) is 28.2 Å². The molecule has 2 N–H and O–H groups in total. The molecular weight excluding hydrogens is 659 g/mol. The Balaban J connectivity index is 1.18.